The van der Waals surface area contributed by atoms with E-state index in [1.165, 1.54) is 13.2 Å². The van der Waals surface area contributed by atoms with Crippen LogP contribution in [0.3, 0.4) is 0 Å². The molecule has 6 heteroatoms. The maximum atomic E-state index is 12.0. The summed E-state index contributed by atoms with van der Waals surface area (Å²) in [5, 5.41) is 11.4. The normalized spacial score (nSPS) is 11.5. The molecule has 0 saturated carbocycles. The molecule has 0 aliphatic carbocycles. The minimum absolute atomic E-state index is 0.0392. The zero-order valence-electron chi connectivity index (χ0n) is 14.8. The second kappa shape index (κ2) is 7.64. The summed E-state index contributed by atoms with van der Waals surface area (Å²) in [5.74, 6) is -0.691. The highest BCUT2D eigenvalue weighted by molar-refractivity contribution is 5.97. The Labute approximate surface area is 142 Å². The Morgan fingerprint density at radius 2 is 1.75 bits per heavy atom. The molecule has 0 saturated heterocycles. The molecule has 0 unspecified atom stereocenters. The van der Waals surface area contributed by atoms with Crippen molar-refractivity contribution in [2.24, 2.45) is 0 Å². The molecule has 0 aromatic heterocycles. The van der Waals surface area contributed by atoms with Crippen molar-refractivity contribution in [1.82, 2.24) is 5.32 Å². The van der Waals surface area contributed by atoms with Gasteiger partial charge in [0.15, 0.2) is 0 Å². The van der Waals surface area contributed by atoms with Crippen LogP contribution in [0.25, 0.3) is 6.08 Å². The van der Waals surface area contributed by atoms with Crippen LogP contribution >= 0.6 is 0 Å². The number of carbonyl (C=O) groups is 2. The number of nitriles is 1. The van der Waals surface area contributed by atoms with Gasteiger partial charge < -0.3 is 9.47 Å². The lowest BCUT2D eigenvalue weighted by Gasteiger charge is -2.20. The summed E-state index contributed by atoms with van der Waals surface area (Å²) in [6.07, 6.45) is 0.768. The van der Waals surface area contributed by atoms with Gasteiger partial charge in [0, 0.05) is 0 Å². The van der Waals surface area contributed by atoms with Gasteiger partial charge in [-0.3, -0.25) is 5.32 Å². The Morgan fingerprint density at radius 1 is 1.21 bits per heavy atom. The first-order chi connectivity index (χ1) is 11.1. The monoisotopic (exact) mass is 330 g/mol. The van der Waals surface area contributed by atoms with E-state index in [9.17, 15) is 9.59 Å². The maximum Gasteiger partial charge on any atom is 0.412 e. The van der Waals surface area contributed by atoms with Crippen molar-refractivity contribution in [1.29, 1.82) is 5.26 Å². The van der Waals surface area contributed by atoms with Gasteiger partial charge >= 0.3 is 12.1 Å². The van der Waals surface area contributed by atoms with Crippen LogP contribution in [0, 0.1) is 25.2 Å². The molecule has 1 amide bonds. The number of hydrogen-bond acceptors (Lipinski definition) is 5. The van der Waals surface area contributed by atoms with E-state index in [2.05, 4.69) is 11.4 Å². The molecule has 1 N–H and O–H groups in total. The molecule has 0 spiro atoms. The fourth-order valence-electron chi connectivity index (χ4n) is 2.08. The number of nitrogens with zero attached hydrogens (tertiary/aromatic N) is 1. The second-order valence-electron chi connectivity index (χ2n) is 6.31. The summed E-state index contributed by atoms with van der Waals surface area (Å²) < 4.78 is 9.87. The molecule has 1 aromatic carbocycles. The molecule has 0 heterocycles. The number of aryl methyl sites for hydroxylation is 2. The lowest BCUT2D eigenvalue weighted by molar-refractivity contribution is -0.136. The Morgan fingerprint density at radius 3 is 2.17 bits per heavy atom. The van der Waals surface area contributed by atoms with E-state index >= 15 is 0 Å². The largest absolute Gasteiger partial charge is 0.464 e. The Hall–Kier alpha value is -2.81. The average Bonchev–Trinajstić information content (AvgIpc) is 2.46. The summed E-state index contributed by atoms with van der Waals surface area (Å²) in [6.45, 7) is 8.82. The molecule has 0 bridgehead atoms. The van der Waals surface area contributed by atoms with Crippen LogP contribution in [0.4, 0.5) is 4.79 Å². The van der Waals surface area contributed by atoms with Crippen LogP contribution in [0.15, 0.2) is 17.8 Å². The van der Waals surface area contributed by atoms with Crippen molar-refractivity contribution in [3.63, 3.8) is 0 Å². The number of hydrogen-bond donors (Lipinski definition) is 1. The minimum atomic E-state index is -0.747. The average molecular weight is 330 g/mol. The van der Waals surface area contributed by atoms with Gasteiger partial charge in [0.2, 0.25) is 0 Å². The Bertz CT molecular complexity index is 699. The van der Waals surface area contributed by atoms with Gasteiger partial charge in [-0.15, -0.1) is 0 Å². The number of ether oxygens (including phenoxy) is 2. The van der Waals surface area contributed by atoms with Crippen molar-refractivity contribution in [3.8, 4) is 6.07 Å². The summed E-state index contributed by atoms with van der Waals surface area (Å²) in [5.41, 5.74) is 2.14. The molecule has 0 fully saturated rings. The third-order valence-electron chi connectivity index (χ3n) is 3.05. The molecular weight excluding hydrogens is 308 g/mol. The van der Waals surface area contributed by atoms with Crippen LogP contribution in [-0.2, 0) is 14.3 Å². The first-order valence-corrected chi connectivity index (χ1v) is 7.38. The van der Waals surface area contributed by atoms with Crippen LogP contribution in [0.5, 0.6) is 0 Å². The molecule has 0 aliphatic heterocycles. The minimum Gasteiger partial charge on any atom is -0.464 e. The van der Waals surface area contributed by atoms with Crippen molar-refractivity contribution in [2.45, 2.75) is 40.2 Å². The summed E-state index contributed by atoms with van der Waals surface area (Å²) >= 11 is 0. The lowest BCUT2D eigenvalue weighted by Crippen LogP contribution is -2.34. The van der Waals surface area contributed by atoms with Crippen molar-refractivity contribution >= 4 is 18.1 Å². The van der Waals surface area contributed by atoms with Crippen molar-refractivity contribution < 1.29 is 19.1 Å². The third-order valence-corrected chi connectivity index (χ3v) is 3.05. The van der Waals surface area contributed by atoms with Gasteiger partial charge in [-0.25, -0.2) is 9.59 Å². The van der Waals surface area contributed by atoms with Gasteiger partial charge in [-0.2, -0.15) is 5.26 Å². The van der Waals surface area contributed by atoms with E-state index in [1.54, 1.807) is 32.9 Å². The summed E-state index contributed by atoms with van der Waals surface area (Å²) in [7, 11) is 1.23. The number of benzene rings is 1. The highest BCUT2D eigenvalue weighted by Crippen LogP contribution is 2.20. The fraction of sp³-hybridized carbons (Fsp3) is 0.389. The van der Waals surface area contributed by atoms with E-state index < -0.39 is 17.7 Å². The molecular formula is C18H22N2O4. The molecule has 128 valence electrons. The van der Waals surface area contributed by atoms with E-state index in [4.69, 9.17) is 14.7 Å². The number of amides is 1. The molecule has 24 heavy (non-hydrogen) atoms. The van der Waals surface area contributed by atoms with Gasteiger partial charge in [0.1, 0.15) is 11.3 Å². The SMILES string of the molecule is COC(=O)/C(=C/c1c(C)cc(C#N)cc1C)NC(=O)OC(C)(C)C. The number of esters is 1. The summed E-state index contributed by atoms with van der Waals surface area (Å²) in [6, 6.07) is 5.50. The van der Waals surface area contributed by atoms with E-state index in [1.807, 2.05) is 13.8 Å². The second-order valence-corrected chi connectivity index (χ2v) is 6.31. The fourth-order valence-corrected chi connectivity index (χ4v) is 2.08. The van der Waals surface area contributed by atoms with Crippen LogP contribution < -0.4 is 5.32 Å². The Balaban J connectivity index is 3.23. The first kappa shape index (κ1) is 19.2. The first-order valence-electron chi connectivity index (χ1n) is 7.38. The number of methoxy groups -OCH3 is 1. The highest BCUT2D eigenvalue weighted by atomic mass is 16.6. The molecule has 0 atom stereocenters. The van der Waals surface area contributed by atoms with Gasteiger partial charge in [-0.1, -0.05) is 0 Å². The molecule has 0 aliphatic rings. The quantitative estimate of drug-likeness (QED) is 0.679. The number of rotatable bonds is 3. The van der Waals surface area contributed by atoms with Crippen LogP contribution in [0.1, 0.15) is 43.0 Å². The highest BCUT2D eigenvalue weighted by Gasteiger charge is 2.20. The van der Waals surface area contributed by atoms with Crippen LogP contribution in [0.2, 0.25) is 0 Å². The molecule has 1 rings (SSSR count). The van der Waals surface area contributed by atoms with E-state index in [0.29, 0.717) is 5.56 Å². The molecule has 1 aromatic rings. The van der Waals surface area contributed by atoms with Gasteiger partial charge in [0.05, 0.1) is 18.7 Å². The van der Waals surface area contributed by atoms with Gasteiger partial charge in [-0.05, 0) is 69.5 Å². The smallest absolute Gasteiger partial charge is 0.412 e. The maximum absolute atomic E-state index is 12.0. The predicted molar refractivity (Wildman–Crippen MR) is 90.0 cm³/mol. The molecule has 0 radical (unpaired) electrons. The number of alkyl carbamates (subject to hydrolysis) is 1. The third kappa shape index (κ3) is 5.43. The number of carbonyl (C=O) groups excluding carboxylic acids is 2. The van der Waals surface area contributed by atoms with E-state index in [-0.39, 0.29) is 5.70 Å². The van der Waals surface area contributed by atoms with Crippen LogP contribution in [-0.4, -0.2) is 24.8 Å². The lowest BCUT2D eigenvalue weighted by atomic mass is 9.99. The van der Waals surface area contributed by atoms with Crippen molar-refractivity contribution in [2.75, 3.05) is 7.11 Å². The topological polar surface area (TPSA) is 88.4 Å². The molecule has 6 nitrogen and oxygen atoms in total. The zero-order valence-corrected chi connectivity index (χ0v) is 14.8. The summed E-state index contributed by atoms with van der Waals surface area (Å²) in [4.78, 5) is 23.9. The van der Waals surface area contributed by atoms with Crippen molar-refractivity contribution in [3.05, 3.63) is 40.1 Å². The van der Waals surface area contributed by atoms with Gasteiger partial charge in [0.25, 0.3) is 0 Å². The predicted octanol–water partition coefficient (Wildman–Crippen LogP) is 3.21. The Kier molecular flexibility index (Phi) is 6.13. The van der Waals surface area contributed by atoms with E-state index in [0.717, 1.165) is 16.7 Å². The number of nitrogens with one attached hydrogen (secondary N) is 1. The standard InChI is InChI=1S/C18H22N2O4/c1-11-7-13(10-19)8-12(2)14(11)9-15(16(21)23-6)20-17(22)24-18(3,4)5/h7-9H,1-6H3,(H,20,22)/b15-9-. The zero-order chi connectivity index (χ0) is 18.5.